The van der Waals surface area contributed by atoms with E-state index in [0.717, 1.165) is 63.6 Å². The van der Waals surface area contributed by atoms with Crippen molar-refractivity contribution < 1.29 is 9.90 Å². The van der Waals surface area contributed by atoms with Crippen LogP contribution in [0.2, 0.25) is 0 Å². The summed E-state index contributed by atoms with van der Waals surface area (Å²) in [5.41, 5.74) is 6.31. The summed E-state index contributed by atoms with van der Waals surface area (Å²) >= 11 is 0. The number of aromatic nitrogens is 3. The third-order valence-corrected chi connectivity index (χ3v) is 7.70. The Kier molecular flexibility index (Phi) is 7.46. The fourth-order valence-electron chi connectivity index (χ4n) is 5.77. The van der Waals surface area contributed by atoms with Crippen molar-refractivity contribution in [3.05, 3.63) is 126 Å². The monoisotopic (exact) mass is 540 g/mol. The van der Waals surface area contributed by atoms with Gasteiger partial charge < -0.3 is 15.0 Å². The highest BCUT2D eigenvalue weighted by Gasteiger charge is 2.26. The number of carboxylic acid groups (broad SMARTS) is 1. The molecule has 41 heavy (non-hydrogen) atoms. The van der Waals surface area contributed by atoms with Crippen LogP contribution in [0, 0.1) is 0 Å². The average molecular weight is 541 g/mol. The molecule has 0 amide bonds. The van der Waals surface area contributed by atoms with Crippen molar-refractivity contribution in [3.8, 4) is 11.1 Å². The molecule has 0 radical (unpaired) electrons. The van der Waals surface area contributed by atoms with Gasteiger partial charge in [0.2, 0.25) is 0 Å². The van der Waals surface area contributed by atoms with Gasteiger partial charge in [0.25, 0.3) is 0 Å². The maximum atomic E-state index is 12.5. The van der Waals surface area contributed by atoms with Crippen molar-refractivity contribution in [2.75, 3.05) is 5.32 Å². The summed E-state index contributed by atoms with van der Waals surface area (Å²) in [6.07, 6.45) is 3.51. The van der Waals surface area contributed by atoms with E-state index in [4.69, 9.17) is 4.98 Å². The molecular weight excluding hydrogens is 508 g/mol. The summed E-state index contributed by atoms with van der Waals surface area (Å²) in [5, 5.41) is 16.6. The molecule has 6 heteroatoms. The summed E-state index contributed by atoms with van der Waals surface area (Å²) in [6.45, 7) is 2.91. The molecule has 0 saturated carbocycles. The zero-order valence-electron chi connectivity index (χ0n) is 23.0. The van der Waals surface area contributed by atoms with Gasteiger partial charge >= 0.3 is 5.97 Å². The van der Waals surface area contributed by atoms with Crippen LogP contribution in [0.5, 0.6) is 0 Å². The Hall–Kier alpha value is -4.97. The molecule has 0 spiro atoms. The fourth-order valence-corrected chi connectivity index (χ4v) is 5.77. The van der Waals surface area contributed by atoms with Gasteiger partial charge in [-0.25, -0.2) is 14.8 Å². The molecule has 0 fully saturated rings. The van der Waals surface area contributed by atoms with Gasteiger partial charge in [0.15, 0.2) is 0 Å². The molecule has 204 valence electrons. The van der Waals surface area contributed by atoms with Gasteiger partial charge in [-0.2, -0.15) is 0 Å². The lowest BCUT2D eigenvalue weighted by Crippen LogP contribution is -2.32. The molecule has 2 heterocycles. The standard InChI is InChI=1S/C35H32N4O2/c1-2-30-31(28-19-11-17-26-16-9-10-18-27(26)28)32-33(38-29(35(40)41)22-25-14-7-4-8-15-25)36-23-37-34(32)39(30)21-20-24-12-5-3-6-13-24/h3-19,23,29H,2,20-22H2,1H3,(H,40,41)(H,36,37,38). The van der Waals surface area contributed by atoms with E-state index >= 15 is 0 Å². The average Bonchev–Trinajstić information content (AvgIpc) is 3.34. The van der Waals surface area contributed by atoms with E-state index in [1.54, 1.807) is 0 Å². The van der Waals surface area contributed by atoms with E-state index in [-0.39, 0.29) is 0 Å². The maximum Gasteiger partial charge on any atom is 0.326 e. The number of carbonyl (C=O) groups is 1. The van der Waals surface area contributed by atoms with Crippen LogP contribution in [0.25, 0.3) is 32.9 Å². The smallest absolute Gasteiger partial charge is 0.326 e. The number of fused-ring (bicyclic) bond motifs is 2. The van der Waals surface area contributed by atoms with Crippen LogP contribution < -0.4 is 5.32 Å². The predicted octanol–water partition coefficient (Wildman–Crippen LogP) is 7.16. The third kappa shape index (κ3) is 5.29. The number of anilines is 1. The summed E-state index contributed by atoms with van der Waals surface area (Å²) in [6, 6.07) is 34.0. The van der Waals surface area contributed by atoms with Gasteiger partial charge in [0.05, 0.1) is 5.39 Å². The van der Waals surface area contributed by atoms with Crippen molar-refractivity contribution in [2.24, 2.45) is 0 Å². The third-order valence-electron chi connectivity index (χ3n) is 7.70. The minimum atomic E-state index is -0.924. The van der Waals surface area contributed by atoms with Crippen LogP contribution in [-0.2, 0) is 30.6 Å². The lowest BCUT2D eigenvalue weighted by atomic mass is 9.95. The molecule has 2 aromatic heterocycles. The van der Waals surface area contributed by atoms with Crippen molar-refractivity contribution in [1.29, 1.82) is 0 Å². The van der Waals surface area contributed by atoms with Crippen LogP contribution in [0.3, 0.4) is 0 Å². The van der Waals surface area contributed by atoms with Crippen molar-refractivity contribution in [1.82, 2.24) is 14.5 Å². The first kappa shape index (κ1) is 26.3. The van der Waals surface area contributed by atoms with Gasteiger partial charge in [-0.1, -0.05) is 110 Å². The highest BCUT2D eigenvalue weighted by molar-refractivity contribution is 6.09. The minimum Gasteiger partial charge on any atom is -0.480 e. The molecule has 6 aromatic rings. The summed E-state index contributed by atoms with van der Waals surface area (Å²) < 4.78 is 2.29. The number of nitrogens with one attached hydrogen (secondary N) is 1. The summed E-state index contributed by atoms with van der Waals surface area (Å²) in [7, 11) is 0. The first-order valence-electron chi connectivity index (χ1n) is 14.1. The Labute approximate surface area is 239 Å². The highest BCUT2D eigenvalue weighted by Crippen LogP contribution is 2.41. The topological polar surface area (TPSA) is 80.0 Å². The van der Waals surface area contributed by atoms with Gasteiger partial charge in [-0.05, 0) is 40.3 Å². The van der Waals surface area contributed by atoms with Gasteiger partial charge in [-0.15, -0.1) is 0 Å². The number of carboxylic acids is 1. The summed E-state index contributed by atoms with van der Waals surface area (Å²) in [5.74, 6) is -0.388. The molecular formula is C35H32N4O2. The molecule has 1 unspecified atom stereocenters. The van der Waals surface area contributed by atoms with Gasteiger partial charge in [0.1, 0.15) is 23.8 Å². The van der Waals surface area contributed by atoms with Crippen LogP contribution >= 0.6 is 0 Å². The van der Waals surface area contributed by atoms with E-state index in [2.05, 4.69) is 82.5 Å². The van der Waals surface area contributed by atoms with Crippen LogP contribution in [-0.4, -0.2) is 31.7 Å². The van der Waals surface area contributed by atoms with E-state index in [1.165, 1.54) is 11.9 Å². The molecule has 6 nitrogen and oxygen atoms in total. The number of rotatable bonds is 10. The molecule has 1 atom stereocenters. The van der Waals surface area contributed by atoms with E-state index in [9.17, 15) is 9.90 Å². The Bertz CT molecular complexity index is 1810. The molecule has 0 aliphatic rings. The van der Waals surface area contributed by atoms with Crippen molar-refractivity contribution in [2.45, 2.75) is 38.8 Å². The fraction of sp³-hybridized carbons (Fsp3) is 0.171. The van der Waals surface area contributed by atoms with Crippen LogP contribution in [0.1, 0.15) is 23.7 Å². The Morgan fingerprint density at radius 2 is 1.54 bits per heavy atom. The van der Waals surface area contributed by atoms with Crippen molar-refractivity contribution >= 4 is 33.6 Å². The molecule has 0 bridgehead atoms. The normalized spacial score (nSPS) is 12.0. The lowest BCUT2D eigenvalue weighted by Gasteiger charge is -2.17. The zero-order valence-corrected chi connectivity index (χ0v) is 23.0. The highest BCUT2D eigenvalue weighted by atomic mass is 16.4. The second-order valence-electron chi connectivity index (χ2n) is 10.2. The summed E-state index contributed by atoms with van der Waals surface area (Å²) in [4.78, 5) is 21.9. The predicted molar refractivity (Wildman–Crippen MR) is 165 cm³/mol. The molecule has 4 aromatic carbocycles. The number of aliphatic carboxylic acids is 1. The Balaban J connectivity index is 1.54. The van der Waals surface area contributed by atoms with Gasteiger partial charge in [0, 0.05) is 24.2 Å². The first-order valence-corrected chi connectivity index (χ1v) is 14.1. The van der Waals surface area contributed by atoms with E-state index in [1.807, 2.05) is 42.5 Å². The van der Waals surface area contributed by atoms with Gasteiger partial charge in [-0.3, -0.25) is 0 Å². The lowest BCUT2D eigenvalue weighted by molar-refractivity contribution is -0.137. The SMILES string of the molecule is CCc1c(-c2cccc3ccccc23)c2c(NC(Cc3ccccc3)C(=O)O)ncnc2n1CCc1ccccc1. The Morgan fingerprint density at radius 3 is 2.27 bits per heavy atom. The second-order valence-corrected chi connectivity index (χ2v) is 10.2. The second kappa shape index (κ2) is 11.6. The number of hydrogen-bond donors (Lipinski definition) is 2. The Morgan fingerprint density at radius 1 is 0.854 bits per heavy atom. The number of hydrogen-bond acceptors (Lipinski definition) is 4. The quantitative estimate of drug-likeness (QED) is 0.193. The molecule has 0 aliphatic carbocycles. The molecule has 0 saturated heterocycles. The molecule has 2 N–H and O–H groups in total. The number of nitrogens with zero attached hydrogens (tertiary/aromatic N) is 3. The van der Waals surface area contributed by atoms with E-state index in [0.29, 0.717) is 12.2 Å². The largest absolute Gasteiger partial charge is 0.480 e. The first-order chi connectivity index (χ1) is 20.1. The minimum absolute atomic E-state index is 0.334. The van der Waals surface area contributed by atoms with E-state index < -0.39 is 12.0 Å². The molecule has 6 rings (SSSR count). The van der Waals surface area contributed by atoms with Crippen LogP contribution in [0.4, 0.5) is 5.82 Å². The molecule has 0 aliphatic heterocycles. The maximum absolute atomic E-state index is 12.5. The van der Waals surface area contributed by atoms with Crippen LogP contribution in [0.15, 0.2) is 109 Å². The number of benzene rings is 4. The zero-order chi connectivity index (χ0) is 28.2. The number of aryl methyl sites for hydroxylation is 2. The van der Waals surface area contributed by atoms with Crippen molar-refractivity contribution in [3.63, 3.8) is 0 Å².